The lowest BCUT2D eigenvalue weighted by Gasteiger charge is -2.07. The van der Waals surface area contributed by atoms with Gasteiger partial charge in [-0.15, -0.1) is 0 Å². The van der Waals surface area contributed by atoms with Crippen molar-refractivity contribution >= 4 is 10.9 Å². The zero-order valence-electron chi connectivity index (χ0n) is 8.60. The minimum Gasteiger partial charge on any atom is -0.506 e. The number of ether oxygens (including phenoxy) is 1. The van der Waals surface area contributed by atoms with Gasteiger partial charge in [0, 0.05) is 5.39 Å². The Morgan fingerprint density at radius 3 is 3.07 bits per heavy atom. The highest BCUT2D eigenvalue weighted by Gasteiger charge is 2.03. The van der Waals surface area contributed by atoms with Gasteiger partial charge in [-0.1, -0.05) is 19.1 Å². The van der Waals surface area contributed by atoms with Crippen LogP contribution in [0, 0.1) is 0 Å². The summed E-state index contributed by atoms with van der Waals surface area (Å²) in [6.45, 7) is 2.74. The van der Waals surface area contributed by atoms with Gasteiger partial charge in [0.05, 0.1) is 12.8 Å². The summed E-state index contributed by atoms with van der Waals surface area (Å²) in [6, 6.07) is 7.37. The fraction of sp³-hybridized carbons (Fsp3) is 0.250. The van der Waals surface area contributed by atoms with Gasteiger partial charge in [-0.05, 0) is 18.6 Å². The predicted molar refractivity (Wildman–Crippen MR) is 59.2 cm³/mol. The van der Waals surface area contributed by atoms with Crippen molar-refractivity contribution in [1.29, 1.82) is 0 Å². The van der Waals surface area contributed by atoms with Gasteiger partial charge >= 0.3 is 0 Å². The molecule has 0 saturated heterocycles. The van der Waals surface area contributed by atoms with Gasteiger partial charge in [0.15, 0.2) is 0 Å². The number of aromatic hydroxyl groups is 1. The first-order chi connectivity index (χ1) is 7.31. The standard InChI is InChI=1S/C12H13NO2/c1-2-6-15-11-5-3-4-9-7-10(14)8-13-12(9)11/h3-5,7-8,14H,2,6H2,1H3. The molecule has 0 radical (unpaired) electrons. The summed E-state index contributed by atoms with van der Waals surface area (Å²) >= 11 is 0. The molecule has 0 bridgehead atoms. The molecule has 1 N–H and O–H groups in total. The molecular weight excluding hydrogens is 190 g/mol. The molecule has 0 fully saturated rings. The average Bonchev–Trinajstić information content (AvgIpc) is 2.25. The molecule has 0 aliphatic heterocycles. The minimum absolute atomic E-state index is 0.176. The van der Waals surface area contributed by atoms with Crippen molar-refractivity contribution in [2.75, 3.05) is 6.61 Å². The van der Waals surface area contributed by atoms with Gasteiger partial charge in [-0.3, -0.25) is 0 Å². The lowest BCUT2D eigenvalue weighted by molar-refractivity contribution is 0.320. The van der Waals surface area contributed by atoms with Crippen molar-refractivity contribution in [3.63, 3.8) is 0 Å². The van der Waals surface area contributed by atoms with Crippen LogP contribution in [-0.4, -0.2) is 16.7 Å². The van der Waals surface area contributed by atoms with Crippen LogP contribution in [0.4, 0.5) is 0 Å². The van der Waals surface area contributed by atoms with E-state index in [1.807, 2.05) is 18.2 Å². The van der Waals surface area contributed by atoms with Crippen molar-refractivity contribution < 1.29 is 9.84 Å². The highest BCUT2D eigenvalue weighted by Crippen LogP contribution is 2.25. The quantitative estimate of drug-likeness (QED) is 0.834. The zero-order valence-corrected chi connectivity index (χ0v) is 8.60. The van der Waals surface area contributed by atoms with E-state index in [1.54, 1.807) is 6.07 Å². The second kappa shape index (κ2) is 4.17. The molecule has 3 nitrogen and oxygen atoms in total. The fourth-order valence-corrected chi connectivity index (χ4v) is 1.45. The van der Waals surface area contributed by atoms with E-state index in [4.69, 9.17) is 4.74 Å². The van der Waals surface area contributed by atoms with E-state index < -0.39 is 0 Å². The van der Waals surface area contributed by atoms with Crippen LogP contribution >= 0.6 is 0 Å². The molecule has 1 aromatic heterocycles. The van der Waals surface area contributed by atoms with Crippen LogP contribution in [-0.2, 0) is 0 Å². The molecule has 0 unspecified atom stereocenters. The van der Waals surface area contributed by atoms with Crippen LogP contribution in [0.5, 0.6) is 11.5 Å². The summed E-state index contributed by atoms with van der Waals surface area (Å²) in [7, 11) is 0. The van der Waals surface area contributed by atoms with E-state index in [1.165, 1.54) is 6.20 Å². The summed E-state index contributed by atoms with van der Waals surface area (Å²) in [5.41, 5.74) is 0.795. The summed E-state index contributed by atoms with van der Waals surface area (Å²) in [5, 5.41) is 10.2. The van der Waals surface area contributed by atoms with Gasteiger partial charge in [0.1, 0.15) is 17.0 Å². The minimum atomic E-state index is 0.176. The van der Waals surface area contributed by atoms with Crippen LogP contribution in [0.15, 0.2) is 30.5 Å². The Morgan fingerprint density at radius 1 is 1.40 bits per heavy atom. The normalized spacial score (nSPS) is 10.5. The van der Waals surface area contributed by atoms with Crippen molar-refractivity contribution in [2.24, 2.45) is 0 Å². The summed E-state index contributed by atoms with van der Waals surface area (Å²) in [6.07, 6.45) is 2.40. The molecule has 2 rings (SSSR count). The molecule has 3 heteroatoms. The van der Waals surface area contributed by atoms with Crippen LogP contribution in [0.25, 0.3) is 10.9 Å². The third-order valence-corrected chi connectivity index (χ3v) is 2.12. The monoisotopic (exact) mass is 203 g/mol. The van der Waals surface area contributed by atoms with E-state index in [9.17, 15) is 5.11 Å². The first kappa shape index (κ1) is 9.77. The Kier molecular flexibility index (Phi) is 2.72. The van der Waals surface area contributed by atoms with Crippen LogP contribution in [0.2, 0.25) is 0 Å². The molecule has 1 aromatic carbocycles. The molecule has 1 heterocycles. The molecule has 2 aromatic rings. The maximum Gasteiger partial charge on any atom is 0.145 e. The Balaban J connectivity index is 2.46. The van der Waals surface area contributed by atoms with E-state index >= 15 is 0 Å². The molecule has 15 heavy (non-hydrogen) atoms. The number of hydrogen-bond donors (Lipinski definition) is 1. The SMILES string of the molecule is CCCOc1cccc2cc(O)cnc12. The van der Waals surface area contributed by atoms with Gasteiger partial charge in [0.25, 0.3) is 0 Å². The maximum absolute atomic E-state index is 9.29. The number of fused-ring (bicyclic) bond motifs is 1. The van der Waals surface area contributed by atoms with Crippen LogP contribution in [0.3, 0.4) is 0 Å². The Morgan fingerprint density at radius 2 is 2.27 bits per heavy atom. The lowest BCUT2D eigenvalue weighted by atomic mass is 10.2. The third kappa shape index (κ3) is 2.01. The smallest absolute Gasteiger partial charge is 0.145 e. The van der Waals surface area contributed by atoms with Gasteiger partial charge in [0.2, 0.25) is 0 Å². The number of aromatic nitrogens is 1. The second-order valence-corrected chi connectivity index (χ2v) is 3.37. The first-order valence-corrected chi connectivity index (χ1v) is 5.02. The van der Waals surface area contributed by atoms with E-state index in [0.29, 0.717) is 6.61 Å². The number of hydrogen-bond acceptors (Lipinski definition) is 3. The zero-order chi connectivity index (χ0) is 10.7. The number of nitrogens with zero attached hydrogens (tertiary/aromatic N) is 1. The Hall–Kier alpha value is -1.77. The lowest BCUT2D eigenvalue weighted by Crippen LogP contribution is -1.96. The molecule has 0 spiro atoms. The van der Waals surface area contributed by atoms with Crippen LogP contribution < -0.4 is 4.74 Å². The van der Waals surface area contributed by atoms with Crippen LogP contribution in [0.1, 0.15) is 13.3 Å². The average molecular weight is 203 g/mol. The molecule has 0 amide bonds. The molecule has 0 atom stereocenters. The third-order valence-electron chi connectivity index (χ3n) is 2.12. The van der Waals surface area contributed by atoms with Crippen molar-refractivity contribution in [2.45, 2.75) is 13.3 Å². The van der Waals surface area contributed by atoms with Gasteiger partial charge in [-0.25, -0.2) is 4.98 Å². The van der Waals surface area contributed by atoms with Gasteiger partial charge in [-0.2, -0.15) is 0 Å². The second-order valence-electron chi connectivity index (χ2n) is 3.37. The van der Waals surface area contributed by atoms with Crippen molar-refractivity contribution in [3.8, 4) is 11.5 Å². The number of pyridine rings is 1. The summed E-state index contributed by atoms with van der Waals surface area (Å²) in [5.74, 6) is 0.949. The Labute approximate surface area is 88.3 Å². The van der Waals surface area contributed by atoms with Crippen molar-refractivity contribution in [1.82, 2.24) is 4.98 Å². The molecule has 78 valence electrons. The number of rotatable bonds is 3. The summed E-state index contributed by atoms with van der Waals surface area (Å²) in [4.78, 5) is 4.16. The highest BCUT2D eigenvalue weighted by atomic mass is 16.5. The maximum atomic E-state index is 9.29. The molecule has 0 aliphatic carbocycles. The first-order valence-electron chi connectivity index (χ1n) is 5.02. The van der Waals surface area contributed by atoms with E-state index in [2.05, 4.69) is 11.9 Å². The Bertz CT molecular complexity index is 468. The van der Waals surface area contributed by atoms with E-state index in [0.717, 1.165) is 23.1 Å². The van der Waals surface area contributed by atoms with Gasteiger partial charge < -0.3 is 9.84 Å². The number of benzene rings is 1. The molecular formula is C12H13NO2. The van der Waals surface area contributed by atoms with E-state index in [-0.39, 0.29) is 5.75 Å². The molecule has 0 saturated carbocycles. The van der Waals surface area contributed by atoms with Crippen molar-refractivity contribution in [3.05, 3.63) is 30.5 Å². The predicted octanol–water partition coefficient (Wildman–Crippen LogP) is 2.73. The highest BCUT2D eigenvalue weighted by molar-refractivity contribution is 5.85. The largest absolute Gasteiger partial charge is 0.506 e. The fourth-order valence-electron chi connectivity index (χ4n) is 1.45. The molecule has 0 aliphatic rings. The summed E-state index contributed by atoms with van der Waals surface area (Å²) < 4.78 is 5.56. The number of para-hydroxylation sites is 1. The topological polar surface area (TPSA) is 42.4 Å².